The summed E-state index contributed by atoms with van der Waals surface area (Å²) in [6.07, 6.45) is 0. The molecule has 4 rings (SSSR count). The summed E-state index contributed by atoms with van der Waals surface area (Å²) >= 11 is 0. The Morgan fingerprint density at radius 1 is 1.00 bits per heavy atom. The van der Waals surface area contributed by atoms with Crippen molar-refractivity contribution in [3.8, 4) is 11.3 Å². The normalized spacial score (nSPS) is 15.1. The van der Waals surface area contributed by atoms with Crippen LogP contribution in [0.3, 0.4) is 0 Å². The molecule has 0 aliphatic carbocycles. The summed E-state index contributed by atoms with van der Waals surface area (Å²) in [5.74, 6) is 0.563. The fourth-order valence-electron chi connectivity index (χ4n) is 3.45. The highest BCUT2D eigenvalue weighted by Gasteiger charge is 2.24. The minimum absolute atomic E-state index is 0.0591. The van der Waals surface area contributed by atoms with E-state index in [9.17, 15) is 4.79 Å². The van der Waals surface area contributed by atoms with Crippen molar-refractivity contribution in [3.05, 3.63) is 77.5 Å². The lowest BCUT2D eigenvalue weighted by Crippen LogP contribution is -2.48. The van der Waals surface area contributed by atoms with Gasteiger partial charge in [-0.25, -0.2) is 0 Å². The van der Waals surface area contributed by atoms with Crippen molar-refractivity contribution in [3.63, 3.8) is 0 Å². The first-order chi connectivity index (χ1) is 13.2. The predicted octanol–water partition coefficient (Wildman–Crippen LogP) is 3.61. The maximum absolute atomic E-state index is 12.7. The lowest BCUT2D eigenvalue weighted by Gasteiger charge is -2.34. The summed E-state index contributed by atoms with van der Waals surface area (Å²) in [4.78, 5) is 17.0. The minimum atomic E-state index is -0.0591. The molecule has 0 radical (unpaired) electrons. The molecule has 1 aliphatic heterocycles. The average Bonchev–Trinajstić information content (AvgIpc) is 3.19. The van der Waals surface area contributed by atoms with Crippen LogP contribution in [0.4, 0.5) is 0 Å². The van der Waals surface area contributed by atoms with Crippen molar-refractivity contribution >= 4 is 5.91 Å². The molecule has 0 saturated carbocycles. The van der Waals surface area contributed by atoms with Crippen LogP contribution in [0.5, 0.6) is 0 Å². The van der Waals surface area contributed by atoms with Crippen molar-refractivity contribution in [2.24, 2.45) is 0 Å². The molecule has 2 aromatic carbocycles. The zero-order valence-electron chi connectivity index (χ0n) is 15.5. The molecule has 27 heavy (non-hydrogen) atoms. The summed E-state index contributed by atoms with van der Waals surface area (Å²) < 4.78 is 5.37. The van der Waals surface area contributed by atoms with Gasteiger partial charge in [-0.1, -0.05) is 65.3 Å². The Morgan fingerprint density at radius 3 is 2.52 bits per heavy atom. The van der Waals surface area contributed by atoms with Crippen LogP contribution in [0.25, 0.3) is 11.3 Å². The third-order valence-electron chi connectivity index (χ3n) is 4.94. The summed E-state index contributed by atoms with van der Waals surface area (Å²) in [7, 11) is 0. The topological polar surface area (TPSA) is 49.6 Å². The number of carbonyl (C=O) groups excluding carboxylic acids is 1. The number of hydrogen-bond acceptors (Lipinski definition) is 4. The summed E-state index contributed by atoms with van der Waals surface area (Å²) in [5.41, 5.74) is 3.90. The SMILES string of the molecule is Cc1cccc(CN2CCN(C(=O)c3cc(-c4ccccc4)on3)CC2)c1. The summed E-state index contributed by atoms with van der Waals surface area (Å²) in [5, 5.41) is 3.98. The molecule has 1 aromatic heterocycles. The summed E-state index contributed by atoms with van der Waals surface area (Å²) in [6, 6.07) is 20.0. The predicted molar refractivity (Wildman–Crippen MR) is 104 cm³/mol. The summed E-state index contributed by atoms with van der Waals surface area (Å²) in [6.45, 7) is 6.18. The molecule has 1 amide bonds. The van der Waals surface area contributed by atoms with Crippen molar-refractivity contribution in [2.75, 3.05) is 26.2 Å². The first-order valence-corrected chi connectivity index (χ1v) is 9.28. The van der Waals surface area contributed by atoms with E-state index in [1.54, 1.807) is 6.07 Å². The van der Waals surface area contributed by atoms with Crippen LogP contribution >= 0.6 is 0 Å². The molecule has 0 unspecified atom stereocenters. The Labute approximate surface area is 159 Å². The zero-order chi connectivity index (χ0) is 18.6. The number of piperazine rings is 1. The largest absolute Gasteiger partial charge is 0.355 e. The number of nitrogens with zero attached hydrogens (tertiary/aromatic N) is 3. The zero-order valence-corrected chi connectivity index (χ0v) is 15.5. The monoisotopic (exact) mass is 361 g/mol. The van der Waals surface area contributed by atoms with Gasteiger partial charge in [0.1, 0.15) is 0 Å². The van der Waals surface area contributed by atoms with E-state index in [0.29, 0.717) is 24.5 Å². The standard InChI is InChI=1S/C22H23N3O2/c1-17-6-5-7-18(14-17)16-24-10-12-25(13-11-24)22(26)20-15-21(27-23-20)19-8-3-2-4-9-19/h2-9,14-15H,10-13,16H2,1H3. The second-order valence-electron chi connectivity index (χ2n) is 7.00. The van der Waals surface area contributed by atoms with Gasteiger partial charge < -0.3 is 9.42 Å². The van der Waals surface area contributed by atoms with Gasteiger partial charge in [-0.05, 0) is 12.5 Å². The molecule has 2 heterocycles. The van der Waals surface area contributed by atoms with E-state index < -0.39 is 0 Å². The third kappa shape index (κ3) is 4.09. The highest BCUT2D eigenvalue weighted by atomic mass is 16.5. The molecule has 138 valence electrons. The third-order valence-corrected chi connectivity index (χ3v) is 4.94. The average molecular weight is 361 g/mol. The molecule has 5 heteroatoms. The van der Waals surface area contributed by atoms with Gasteiger partial charge in [0.15, 0.2) is 11.5 Å². The number of rotatable bonds is 4. The number of aryl methyl sites for hydroxylation is 1. The number of benzene rings is 2. The lowest BCUT2D eigenvalue weighted by molar-refractivity contribution is 0.0618. The van der Waals surface area contributed by atoms with Gasteiger partial charge in [0.05, 0.1) is 0 Å². The molecular formula is C22H23N3O2. The van der Waals surface area contributed by atoms with E-state index >= 15 is 0 Å². The minimum Gasteiger partial charge on any atom is -0.355 e. The van der Waals surface area contributed by atoms with Crippen molar-refractivity contribution in [2.45, 2.75) is 13.5 Å². The van der Waals surface area contributed by atoms with E-state index in [0.717, 1.165) is 25.2 Å². The van der Waals surface area contributed by atoms with Gasteiger partial charge in [-0.3, -0.25) is 9.69 Å². The van der Waals surface area contributed by atoms with E-state index in [4.69, 9.17) is 4.52 Å². The van der Waals surface area contributed by atoms with Crippen LogP contribution in [0.15, 0.2) is 65.2 Å². The first kappa shape index (κ1) is 17.5. The van der Waals surface area contributed by atoms with Crippen molar-refractivity contribution in [1.82, 2.24) is 15.0 Å². The molecule has 1 fully saturated rings. The smallest absolute Gasteiger partial charge is 0.276 e. The fourth-order valence-corrected chi connectivity index (χ4v) is 3.45. The lowest BCUT2D eigenvalue weighted by atomic mass is 10.1. The second-order valence-corrected chi connectivity index (χ2v) is 7.00. The van der Waals surface area contributed by atoms with Gasteiger partial charge in [-0.2, -0.15) is 0 Å². The molecular weight excluding hydrogens is 338 g/mol. The fraction of sp³-hybridized carbons (Fsp3) is 0.273. The molecule has 0 atom stereocenters. The maximum atomic E-state index is 12.7. The highest BCUT2D eigenvalue weighted by Crippen LogP contribution is 2.21. The van der Waals surface area contributed by atoms with Crippen molar-refractivity contribution < 1.29 is 9.32 Å². The Balaban J connectivity index is 1.35. The molecule has 3 aromatic rings. The molecule has 1 aliphatic rings. The quantitative estimate of drug-likeness (QED) is 0.712. The number of carbonyl (C=O) groups is 1. The molecule has 0 bridgehead atoms. The van der Waals surface area contributed by atoms with E-state index in [1.807, 2.05) is 35.2 Å². The van der Waals surface area contributed by atoms with Crippen LogP contribution in [0.2, 0.25) is 0 Å². The maximum Gasteiger partial charge on any atom is 0.276 e. The van der Waals surface area contributed by atoms with E-state index in [-0.39, 0.29) is 5.91 Å². The molecule has 0 spiro atoms. The highest BCUT2D eigenvalue weighted by molar-refractivity contribution is 5.93. The van der Waals surface area contributed by atoms with Crippen molar-refractivity contribution in [1.29, 1.82) is 0 Å². The Morgan fingerprint density at radius 2 is 1.78 bits per heavy atom. The molecule has 0 N–H and O–H groups in total. The van der Waals surface area contributed by atoms with Crippen LogP contribution in [0, 0.1) is 6.92 Å². The van der Waals surface area contributed by atoms with Gasteiger partial charge in [0, 0.05) is 44.4 Å². The van der Waals surface area contributed by atoms with E-state index in [2.05, 4.69) is 41.2 Å². The Hall–Kier alpha value is -2.92. The van der Waals surface area contributed by atoms with Crippen LogP contribution in [-0.2, 0) is 6.54 Å². The molecule has 5 nitrogen and oxygen atoms in total. The number of aromatic nitrogens is 1. The van der Waals surface area contributed by atoms with Gasteiger partial charge in [0.2, 0.25) is 0 Å². The first-order valence-electron chi connectivity index (χ1n) is 9.28. The van der Waals surface area contributed by atoms with Crippen LogP contribution in [0.1, 0.15) is 21.6 Å². The molecule has 1 saturated heterocycles. The van der Waals surface area contributed by atoms with E-state index in [1.165, 1.54) is 11.1 Å². The second kappa shape index (κ2) is 7.76. The van der Waals surface area contributed by atoms with Gasteiger partial charge >= 0.3 is 0 Å². The Bertz CT molecular complexity index is 912. The number of amides is 1. The van der Waals surface area contributed by atoms with Gasteiger partial charge in [0.25, 0.3) is 5.91 Å². The number of hydrogen-bond donors (Lipinski definition) is 0. The van der Waals surface area contributed by atoms with Crippen LogP contribution in [-0.4, -0.2) is 47.0 Å². The van der Waals surface area contributed by atoms with Gasteiger partial charge in [-0.15, -0.1) is 0 Å². The van der Waals surface area contributed by atoms with Crippen LogP contribution < -0.4 is 0 Å². The Kier molecular flexibility index (Phi) is 5.03.